The van der Waals surface area contributed by atoms with E-state index in [1.165, 1.54) is 11.6 Å². The van der Waals surface area contributed by atoms with Crippen LogP contribution in [0.15, 0.2) is 22.5 Å². The van der Waals surface area contributed by atoms with Gasteiger partial charge in [0.05, 0.1) is 0 Å². The van der Waals surface area contributed by atoms with Crippen molar-refractivity contribution in [2.24, 2.45) is 5.41 Å². The number of amides is 1. The summed E-state index contributed by atoms with van der Waals surface area (Å²) in [6.45, 7) is 9.72. The molecule has 0 bridgehead atoms. The summed E-state index contributed by atoms with van der Waals surface area (Å²) in [5.41, 5.74) is 2.14. The number of nitrogens with zero attached hydrogens (tertiary/aromatic N) is 2. The van der Waals surface area contributed by atoms with E-state index < -0.39 is 0 Å². The molecule has 2 rings (SSSR count). The van der Waals surface area contributed by atoms with Crippen molar-refractivity contribution >= 4 is 5.91 Å². The molecule has 2 heterocycles. The predicted molar refractivity (Wildman–Crippen MR) is 95.9 cm³/mol. The molecule has 0 radical (unpaired) electrons. The summed E-state index contributed by atoms with van der Waals surface area (Å²) in [5.74, 6) is 0.838. The van der Waals surface area contributed by atoms with Gasteiger partial charge < -0.3 is 9.88 Å². The van der Waals surface area contributed by atoms with Crippen LogP contribution in [0.5, 0.6) is 0 Å². The van der Waals surface area contributed by atoms with E-state index in [4.69, 9.17) is 0 Å². The van der Waals surface area contributed by atoms with Crippen LogP contribution in [0.4, 0.5) is 0 Å². The Balaban J connectivity index is 1.96. The van der Waals surface area contributed by atoms with Crippen molar-refractivity contribution < 1.29 is 4.79 Å². The second-order valence-corrected chi connectivity index (χ2v) is 7.52. The molecule has 1 aliphatic heterocycles. The fraction of sp³-hybridized carbons (Fsp3) is 0.632. The van der Waals surface area contributed by atoms with E-state index in [2.05, 4.69) is 36.8 Å². The normalized spacial score (nSPS) is 21.0. The zero-order valence-corrected chi connectivity index (χ0v) is 15.3. The molecule has 132 valence electrons. The van der Waals surface area contributed by atoms with Crippen LogP contribution in [-0.2, 0) is 11.2 Å². The van der Waals surface area contributed by atoms with E-state index in [-0.39, 0.29) is 16.9 Å². The molecule has 0 aliphatic carbocycles. The topological polar surface area (TPSA) is 66.1 Å². The van der Waals surface area contributed by atoms with Crippen LogP contribution in [0, 0.1) is 12.3 Å². The second kappa shape index (κ2) is 7.77. The monoisotopic (exact) mass is 331 g/mol. The highest BCUT2D eigenvalue weighted by Gasteiger charge is 2.34. The molecule has 5 heteroatoms. The summed E-state index contributed by atoms with van der Waals surface area (Å²) in [4.78, 5) is 32.7. The first-order valence-electron chi connectivity index (χ1n) is 8.75. The molecule has 0 aromatic carbocycles. The van der Waals surface area contributed by atoms with E-state index in [1.54, 1.807) is 6.92 Å². The molecule has 0 saturated carbocycles. The molecule has 1 atom stereocenters. The van der Waals surface area contributed by atoms with Crippen molar-refractivity contribution in [3.63, 3.8) is 0 Å². The van der Waals surface area contributed by atoms with Crippen molar-refractivity contribution in [3.8, 4) is 0 Å². The van der Waals surface area contributed by atoms with Gasteiger partial charge in [-0.25, -0.2) is 4.98 Å². The number of rotatable bonds is 6. The molecule has 1 aromatic rings. The molecule has 0 unspecified atom stereocenters. The van der Waals surface area contributed by atoms with Crippen LogP contribution in [0.25, 0.3) is 0 Å². The van der Waals surface area contributed by atoms with Crippen LogP contribution < -0.4 is 5.56 Å². The maximum Gasteiger partial charge on any atom is 0.251 e. The summed E-state index contributed by atoms with van der Waals surface area (Å²) in [7, 11) is 0. The summed E-state index contributed by atoms with van der Waals surface area (Å²) in [6, 6.07) is 1.52. The van der Waals surface area contributed by atoms with Crippen LogP contribution in [0.1, 0.15) is 58.0 Å². The number of H-pyrrole nitrogens is 1. The van der Waals surface area contributed by atoms with Gasteiger partial charge in [-0.15, -0.1) is 0 Å². The predicted octanol–water partition coefficient (Wildman–Crippen LogP) is 3.00. The Bertz CT molecular complexity index is 673. The molecule has 1 fully saturated rings. The van der Waals surface area contributed by atoms with Gasteiger partial charge >= 0.3 is 0 Å². The number of likely N-dealkylation sites (tertiary alicyclic amines) is 1. The summed E-state index contributed by atoms with van der Waals surface area (Å²) in [5, 5.41) is 0. The Morgan fingerprint density at radius 1 is 1.42 bits per heavy atom. The number of allylic oxidation sites excluding steroid dienone is 2. The number of piperidine rings is 1. The molecule has 1 aromatic heterocycles. The quantitative estimate of drug-likeness (QED) is 0.815. The Kier molecular flexibility index (Phi) is 5.97. The smallest absolute Gasteiger partial charge is 0.251 e. The average molecular weight is 331 g/mol. The Hall–Kier alpha value is -1.91. The van der Waals surface area contributed by atoms with Gasteiger partial charge in [0.25, 0.3) is 5.56 Å². The van der Waals surface area contributed by atoms with Gasteiger partial charge in [-0.2, -0.15) is 0 Å². The Morgan fingerprint density at radius 2 is 2.17 bits per heavy atom. The molecular formula is C19H29N3O2. The number of hydrogen-bond donors (Lipinski definition) is 1. The van der Waals surface area contributed by atoms with Gasteiger partial charge in [-0.05, 0) is 45.4 Å². The lowest BCUT2D eigenvalue weighted by Gasteiger charge is -2.40. The number of aryl methyl sites for hydroxylation is 1. The minimum atomic E-state index is -0.131. The van der Waals surface area contributed by atoms with E-state index in [9.17, 15) is 9.59 Å². The minimum absolute atomic E-state index is 0.131. The first-order valence-corrected chi connectivity index (χ1v) is 8.75. The standard InChI is InChI=1S/C19H29N3O2/c1-14(2)6-5-9-19(4)10-7-18(24)22(13-19)11-8-16-12-17(23)21-15(3)20-16/h6,12H,5,7-11,13H2,1-4H3,(H,20,21,23)/t19-/m0/s1. The highest BCUT2D eigenvalue weighted by atomic mass is 16.2. The third-order valence-electron chi connectivity index (χ3n) is 4.72. The highest BCUT2D eigenvalue weighted by Crippen LogP contribution is 2.34. The van der Waals surface area contributed by atoms with E-state index in [0.29, 0.717) is 25.2 Å². The third kappa shape index (κ3) is 5.32. The van der Waals surface area contributed by atoms with Crippen LogP contribution in [-0.4, -0.2) is 33.9 Å². The number of aromatic amines is 1. The Morgan fingerprint density at radius 3 is 2.83 bits per heavy atom. The van der Waals surface area contributed by atoms with Gasteiger partial charge in [0, 0.05) is 37.7 Å². The SMILES string of the molecule is CC(C)=CCC[C@@]1(C)CCC(=O)N(CCc2cc(=O)[nH]c(C)n2)C1. The molecule has 1 aliphatic rings. The molecule has 1 amide bonds. The number of aromatic nitrogens is 2. The van der Waals surface area contributed by atoms with Gasteiger partial charge in [-0.3, -0.25) is 9.59 Å². The lowest BCUT2D eigenvalue weighted by atomic mass is 9.77. The van der Waals surface area contributed by atoms with E-state index in [0.717, 1.165) is 31.5 Å². The number of carbonyl (C=O) groups excluding carboxylic acids is 1. The van der Waals surface area contributed by atoms with Gasteiger partial charge in [0.1, 0.15) is 5.82 Å². The average Bonchev–Trinajstić information content (AvgIpc) is 2.47. The molecule has 1 saturated heterocycles. The fourth-order valence-corrected chi connectivity index (χ4v) is 3.33. The summed E-state index contributed by atoms with van der Waals surface area (Å²) in [6.07, 6.45) is 6.64. The van der Waals surface area contributed by atoms with Crippen LogP contribution in [0.3, 0.4) is 0 Å². The Labute approximate surface area is 144 Å². The van der Waals surface area contributed by atoms with Crippen LogP contribution >= 0.6 is 0 Å². The first-order chi connectivity index (χ1) is 11.3. The lowest BCUT2D eigenvalue weighted by Crippen LogP contribution is -2.46. The van der Waals surface area contributed by atoms with Gasteiger partial charge in [0.15, 0.2) is 0 Å². The van der Waals surface area contributed by atoms with Crippen molar-refractivity contribution in [2.45, 2.75) is 59.8 Å². The molecular weight excluding hydrogens is 302 g/mol. The summed E-state index contributed by atoms with van der Waals surface area (Å²) < 4.78 is 0. The molecule has 24 heavy (non-hydrogen) atoms. The number of nitrogens with one attached hydrogen (secondary N) is 1. The van der Waals surface area contributed by atoms with Crippen LogP contribution in [0.2, 0.25) is 0 Å². The van der Waals surface area contributed by atoms with Gasteiger partial charge in [0.2, 0.25) is 5.91 Å². The van der Waals surface area contributed by atoms with E-state index in [1.807, 2.05) is 4.90 Å². The molecule has 0 spiro atoms. The molecule has 1 N–H and O–H groups in total. The highest BCUT2D eigenvalue weighted by molar-refractivity contribution is 5.77. The lowest BCUT2D eigenvalue weighted by molar-refractivity contribution is -0.137. The van der Waals surface area contributed by atoms with Crippen molar-refractivity contribution in [1.82, 2.24) is 14.9 Å². The largest absolute Gasteiger partial charge is 0.342 e. The minimum Gasteiger partial charge on any atom is -0.342 e. The first kappa shape index (κ1) is 18.4. The number of carbonyl (C=O) groups is 1. The summed E-state index contributed by atoms with van der Waals surface area (Å²) >= 11 is 0. The van der Waals surface area contributed by atoms with Crippen molar-refractivity contribution in [3.05, 3.63) is 39.6 Å². The third-order valence-corrected chi connectivity index (χ3v) is 4.72. The fourth-order valence-electron chi connectivity index (χ4n) is 3.33. The maximum atomic E-state index is 12.2. The second-order valence-electron chi connectivity index (χ2n) is 7.52. The molecule has 5 nitrogen and oxygen atoms in total. The van der Waals surface area contributed by atoms with Gasteiger partial charge in [-0.1, -0.05) is 18.6 Å². The van der Waals surface area contributed by atoms with E-state index >= 15 is 0 Å². The van der Waals surface area contributed by atoms with Crippen molar-refractivity contribution in [2.75, 3.05) is 13.1 Å². The maximum absolute atomic E-state index is 12.2. The van der Waals surface area contributed by atoms with Crippen molar-refractivity contribution in [1.29, 1.82) is 0 Å². The zero-order chi connectivity index (χ0) is 17.7. The zero-order valence-electron chi connectivity index (χ0n) is 15.3. The number of hydrogen-bond acceptors (Lipinski definition) is 3.